The van der Waals surface area contributed by atoms with E-state index in [2.05, 4.69) is 26.0 Å². The van der Waals surface area contributed by atoms with E-state index in [1.54, 1.807) is 36.3 Å². The number of amides is 1. The van der Waals surface area contributed by atoms with Crippen LogP contribution in [0.1, 0.15) is 30.3 Å². The average molecular weight is 605 g/mol. The summed E-state index contributed by atoms with van der Waals surface area (Å²) in [4.78, 5) is 27.9. The maximum atomic E-state index is 11.2. The molecule has 1 saturated heterocycles. The normalized spacial score (nSPS) is 13.6. The zero-order chi connectivity index (χ0) is 26.9. The summed E-state index contributed by atoms with van der Waals surface area (Å²) in [6.07, 6.45) is 4.23. The van der Waals surface area contributed by atoms with Gasteiger partial charge in [-0.2, -0.15) is 5.10 Å². The molecule has 1 fully saturated rings. The van der Waals surface area contributed by atoms with Crippen molar-refractivity contribution in [2.24, 2.45) is 16.8 Å². The van der Waals surface area contributed by atoms with Crippen molar-refractivity contribution in [1.82, 2.24) is 9.88 Å². The van der Waals surface area contributed by atoms with E-state index in [-0.39, 0.29) is 11.7 Å². The SMILES string of the molecule is CC=NN(C(=S)N1CCC(C(=O)O)CC1)c1csc(-c2ccc(Br)cc2)c1O.NC(=O)c1ccccn1. The number of nitrogens with two attached hydrogens (primary N) is 1. The van der Waals surface area contributed by atoms with E-state index >= 15 is 0 Å². The number of pyridine rings is 1. The van der Waals surface area contributed by atoms with Gasteiger partial charge in [-0.25, -0.2) is 5.01 Å². The number of benzene rings is 1. The molecule has 0 saturated carbocycles. The lowest BCUT2D eigenvalue weighted by atomic mass is 9.97. The Labute approximate surface area is 232 Å². The van der Waals surface area contributed by atoms with E-state index in [0.717, 1.165) is 14.9 Å². The van der Waals surface area contributed by atoms with Crippen LogP contribution in [0.5, 0.6) is 5.75 Å². The number of aliphatic carboxylic acids is 1. The van der Waals surface area contributed by atoms with Gasteiger partial charge in [-0.05, 0) is 61.8 Å². The molecule has 0 unspecified atom stereocenters. The molecule has 9 nitrogen and oxygen atoms in total. The zero-order valence-corrected chi connectivity index (χ0v) is 23.2. The number of carboxylic acids is 1. The number of carbonyl (C=O) groups excluding carboxylic acids is 1. The molecule has 4 N–H and O–H groups in total. The van der Waals surface area contributed by atoms with Gasteiger partial charge in [-0.3, -0.25) is 14.6 Å². The lowest BCUT2D eigenvalue weighted by molar-refractivity contribution is -0.143. The highest BCUT2D eigenvalue weighted by atomic mass is 79.9. The predicted octanol–water partition coefficient (Wildman–Crippen LogP) is 4.96. The predicted molar refractivity (Wildman–Crippen MR) is 153 cm³/mol. The number of carbonyl (C=O) groups is 2. The van der Waals surface area contributed by atoms with Crippen LogP contribution in [0, 0.1) is 5.92 Å². The summed E-state index contributed by atoms with van der Waals surface area (Å²) in [5.74, 6) is -1.46. The molecule has 1 amide bonds. The second-order valence-corrected chi connectivity index (χ2v) is 10.1. The first-order valence-electron chi connectivity index (χ1n) is 11.3. The van der Waals surface area contributed by atoms with Gasteiger partial charge in [-0.1, -0.05) is 34.1 Å². The number of hydrazone groups is 1. The topological polar surface area (TPSA) is 132 Å². The Bertz CT molecular complexity index is 1260. The van der Waals surface area contributed by atoms with Crippen LogP contribution in [0.25, 0.3) is 10.4 Å². The number of aromatic hydroxyl groups is 1. The zero-order valence-electron chi connectivity index (χ0n) is 20.0. The number of thiophene rings is 1. The van der Waals surface area contributed by atoms with Gasteiger partial charge in [0, 0.05) is 35.4 Å². The minimum absolute atomic E-state index is 0.126. The van der Waals surface area contributed by atoms with Crippen LogP contribution in [0.2, 0.25) is 0 Å². The van der Waals surface area contributed by atoms with Crippen molar-refractivity contribution in [3.8, 4) is 16.2 Å². The van der Waals surface area contributed by atoms with Gasteiger partial charge in [0.2, 0.25) is 0 Å². The van der Waals surface area contributed by atoms with Crippen molar-refractivity contribution in [2.45, 2.75) is 19.8 Å². The maximum absolute atomic E-state index is 11.2. The third-order valence-electron chi connectivity index (χ3n) is 5.52. The molecule has 12 heteroatoms. The first kappa shape index (κ1) is 28.2. The van der Waals surface area contributed by atoms with Crippen molar-refractivity contribution in [3.05, 3.63) is 64.2 Å². The van der Waals surface area contributed by atoms with Gasteiger partial charge >= 0.3 is 5.97 Å². The highest BCUT2D eigenvalue weighted by Crippen LogP contribution is 2.44. The minimum atomic E-state index is -0.761. The molecule has 194 valence electrons. The molecule has 0 radical (unpaired) electrons. The number of hydrogen-bond donors (Lipinski definition) is 3. The monoisotopic (exact) mass is 603 g/mol. The maximum Gasteiger partial charge on any atom is 0.306 e. The Balaban J connectivity index is 0.000000356. The van der Waals surface area contributed by atoms with Gasteiger partial charge in [0.15, 0.2) is 10.9 Å². The first-order chi connectivity index (χ1) is 17.7. The van der Waals surface area contributed by atoms with Crippen LogP contribution < -0.4 is 10.7 Å². The molecule has 1 aliphatic rings. The third-order valence-corrected chi connectivity index (χ3v) is 7.49. The summed E-state index contributed by atoms with van der Waals surface area (Å²) in [7, 11) is 0. The van der Waals surface area contributed by atoms with Crippen molar-refractivity contribution < 1.29 is 19.8 Å². The fraction of sp³-hybridized carbons (Fsp3) is 0.240. The molecular weight excluding hydrogens is 578 g/mol. The second kappa shape index (κ2) is 13.3. The molecule has 0 spiro atoms. The van der Waals surface area contributed by atoms with E-state index in [4.69, 9.17) is 18.0 Å². The summed E-state index contributed by atoms with van der Waals surface area (Å²) in [5.41, 5.74) is 6.64. The van der Waals surface area contributed by atoms with Crippen molar-refractivity contribution >= 4 is 68.4 Å². The molecule has 0 bridgehead atoms. The quantitative estimate of drug-likeness (QED) is 0.212. The molecule has 3 heterocycles. The number of carboxylic acid groups (broad SMARTS) is 1. The summed E-state index contributed by atoms with van der Waals surface area (Å²) in [5, 5.41) is 28.2. The van der Waals surface area contributed by atoms with Gasteiger partial charge in [0.1, 0.15) is 11.4 Å². The summed E-state index contributed by atoms with van der Waals surface area (Å²) in [6, 6.07) is 12.7. The highest BCUT2D eigenvalue weighted by molar-refractivity contribution is 9.10. The van der Waals surface area contributed by atoms with E-state index in [1.807, 2.05) is 34.5 Å². The van der Waals surface area contributed by atoms with Gasteiger partial charge < -0.3 is 20.8 Å². The Kier molecular flexibility index (Phi) is 10.1. The van der Waals surface area contributed by atoms with E-state index in [9.17, 15) is 19.8 Å². The molecule has 0 atom stereocenters. The average Bonchev–Trinajstić information content (AvgIpc) is 3.29. The summed E-state index contributed by atoms with van der Waals surface area (Å²) < 4.78 is 0.968. The number of rotatable bonds is 5. The molecule has 37 heavy (non-hydrogen) atoms. The van der Waals surface area contributed by atoms with Gasteiger partial charge in [-0.15, -0.1) is 11.3 Å². The van der Waals surface area contributed by atoms with Crippen LogP contribution in [-0.2, 0) is 4.79 Å². The molecule has 4 rings (SSSR count). The van der Waals surface area contributed by atoms with Crippen LogP contribution in [0.4, 0.5) is 5.69 Å². The summed E-state index contributed by atoms with van der Waals surface area (Å²) >= 11 is 10.5. The van der Waals surface area contributed by atoms with Crippen LogP contribution in [0.3, 0.4) is 0 Å². The fourth-order valence-corrected chi connectivity index (χ4v) is 5.11. The Morgan fingerprint density at radius 2 is 1.92 bits per heavy atom. The number of likely N-dealkylation sites (tertiary alicyclic amines) is 1. The fourth-order valence-electron chi connectivity index (χ4n) is 3.59. The van der Waals surface area contributed by atoms with Crippen LogP contribution in [-0.4, -0.2) is 56.4 Å². The van der Waals surface area contributed by atoms with Crippen LogP contribution in [0.15, 0.2) is 63.6 Å². The van der Waals surface area contributed by atoms with Gasteiger partial charge in [0.05, 0.1) is 10.8 Å². The number of thiocarbonyl (C=S) groups is 1. The largest absolute Gasteiger partial charge is 0.504 e. The lowest BCUT2D eigenvalue weighted by Crippen LogP contribution is -2.45. The van der Waals surface area contributed by atoms with Gasteiger partial charge in [0.25, 0.3) is 5.91 Å². The van der Waals surface area contributed by atoms with Crippen molar-refractivity contribution in [2.75, 3.05) is 18.1 Å². The molecule has 3 aromatic rings. The number of anilines is 1. The standard InChI is InChI=1S/C19H20BrN3O3S2.C6H6N2O/c1-2-21-23(19(27)22-9-7-13(8-10-22)18(25)26)15-11-28-17(16(15)24)12-3-5-14(20)6-4-12;7-6(9)5-3-1-2-4-8-5/h2-6,11,13,24H,7-10H2,1H3,(H,25,26);1-4H,(H2,7,9). The Morgan fingerprint density at radius 1 is 1.24 bits per heavy atom. The van der Waals surface area contributed by atoms with E-state index in [0.29, 0.717) is 42.4 Å². The summed E-state index contributed by atoms with van der Waals surface area (Å²) in [6.45, 7) is 2.89. The number of halogens is 1. The first-order valence-corrected chi connectivity index (χ1v) is 13.4. The number of aromatic nitrogens is 1. The Morgan fingerprint density at radius 3 is 2.43 bits per heavy atom. The minimum Gasteiger partial charge on any atom is -0.504 e. The Hall–Kier alpha value is -3.35. The molecule has 0 aliphatic carbocycles. The number of piperidine rings is 1. The highest BCUT2D eigenvalue weighted by Gasteiger charge is 2.29. The molecule has 1 aliphatic heterocycles. The van der Waals surface area contributed by atoms with Crippen LogP contribution >= 0.6 is 39.5 Å². The molecule has 1 aromatic carbocycles. The van der Waals surface area contributed by atoms with Crippen molar-refractivity contribution in [1.29, 1.82) is 0 Å². The number of hydrogen-bond acceptors (Lipinski definition) is 7. The second-order valence-electron chi connectivity index (χ2n) is 7.95. The van der Waals surface area contributed by atoms with E-state index in [1.165, 1.54) is 17.5 Å². The van der Waals surface area contributed by atoms with Crippen molar-refractivity contribution in [3.63, 3.8) is 0 Å². The third kappa shape index (κ3) is 7.34. The number of primary amides is 1. The lowest BCUT2D eigenvalue weighted by Gasteiger charge is -2.35. The van der Waals surface area contributed by atoms with E-state index < -0.39 is 11.9 Å². The smallest absolute Gasteiger partial charge is 0.306 e. The molecule has 2 aromatic heterocycles. The molecular formula is C25H26BrN5O4S2. The number of nitrogens with zero attached hydrogens (tertiary/aromatic N) is 4.